The quantitative estimate of drug-likeness (QED) is 0.0607. The highest BCUT2D eigenvalue weighted by atomic mass is 35.5. The van der Waals surface area contributed by atoms with Gasteiger partial charge in [-0.15, -0.1) is 12.8 Å². The molecular formula is C27H30ClF2N8O15P3. The molecule has 2 aliphatic heterocycles. The molecule has 4 aromatic rings. The Balaban J connectivity index is 0.000000234. The molecule has 0 bridgehead atoms. The summed E-state index contributed by atoms with van der Waals surface area (Å²) in [6, 6.07) is 0. The van der Waals surface area contributed by atoms with E-state index in [1.807, 2.05) is 5.92 Å². The van der Waals surface area contributed by atoms with Gasteiger partial charge in [0.15, 0.2) is 34.1 Å². The Morgan fingerprint density at radius 2 is 1.36 bits per heavy atom. The third-order valence-corrected chi connectivity index (χ3v) is 12.2. The van der Waals surface area contributed by atoms with Gasteiger partial charge in [0.25, 0.3) is 0 Å². The van der Waals surface area contributed by atoms with Crippen LogP contribution in [0.4, 0.5) is 20.4 Å². The van der Waals surface area contributed by atoms with Crippen molar-refractivity contribution in [3.05, 3.63) is 35.1 Å². The molecule has 11 N–H and O–H groups in total. The maximum Gasteiger partial charge on any atom is 0.490 e. The minimum atomic E-state index is -5.76. The van der Waals surface area contributed by atoms with E-state index in [2.05, 4.69) is 39.0 Å². The van der Waals surface area contributed by atoms with Gasteiger partial charge in [-0.05, 0) is 18.5 Å². The van der Waals surface area contributed by atoms with Crippen LogP contribution in [0.25, 0.3) is 22.1 Å². The molecule has 2 unspecified atom stereocenters. The number of rotatable bonds is 10. The summed E-state index contributed by atoms with van der Waals surface area (Å²) in [4.78, 5) is 51.6. The van der Waals surface area contributed by atoms with Gasteiger partial charge in [-0.3, -0.25) is 4.52 Å². The second kappa shape index (κ2) is 15.6. The first-order chi connectivity index (χ1) is 25.9. The lowest BCUT2D eigenvalue weighted by molar-refractivity contribution is -0.0891. The SMILES string of the molecule is C#C[C@]1(CO)O[C@@H](n2cc(F)c3c(N)nc(Cl)nc32)C[C@@H]1O.C#C[C@]1(COP(=O)(O)OP(=O)(O)OP(=O)(O)O)O[C@@H](n2cc(F)c3c(N)nc(C)nc32)C[C@@H]1O. The Bertz CT molecular complexity index is 2420. The van der Waals surface area contributed by atoms with Crippen LogP contribution < -0.4 is 11.5 Å². The zero-order chi connectivity index (χ0) is 41.8. The summed E-state index contributed by atoms with van der Waals surface area (Å²) in [7, 11) is -16.9. The van der Waals surface area contributed by atoms with E-state index in [9.17, 15) is 47.6 Å². The summed E-state index contributed by atoms with van der Waals surface area (Å²) < 4.78 is 88.0. The minimum absolute atomic E-state index is 0.00435. The van der Waals surface area contributed by atoms with Gasteiger partial charge in [0.05, 0.1) is 17.4 Å². The van der Waals surface area contributed by atoms with Gasteiger partial charge in [0, 0.05) is 25.2 Å². The van der Waals surface area contributed by atoms with E-state index in [0.29, 0.717) is 0 Å². The van der Waals surface area contributed by atoms with Gasteiger partial charge >= 0.3 is 23.5 Å². The van der Waals surface area contributed by atoms with E-state index in [1.54, 1.807) is 0 Å². The number of halogens is 3. The van der Waals surface area contributed by atoms with Crippen molar-refractivity contribution in [2.45, 2.75) is 55.6 Å². The number of aryl methyl sites for hydroxylation is 1. The molecular weight excluding hydrogens is 843 g/mol. The lowest BCUT2D eigenvalue weighted by Gasteiger charge is -2.27. The standard InChI is InChI=1S/C14H18FN4O12P3.C13H12ClFN4O3/c1-3-14(6-28-33(24,25)31-34(26,27)30-32(21,22)23)9(20)4-10(29-14)19-5-8(15)11-12(16)17-7(2)18-13(11)19;1-2-13(5-20)7(21)3-8(22-13)19-4-6(15)9-10(16)17-12(14)18-11(9)19/h1,5,9-10,20H,4,6H2,2H3,(H,24,25)(H,26,27)(H2,16,17,18)(H2,21,22,23);1,4,7-8,20-21H,3,5H2,(H2,16,17,18)/t9-,10+,14+;7-,8+,13+/m00/s1. The molecule has 0 radical (unpaired) electrons. The smallest absolute Gasteiger partial charge is 0.392 e. The molecule has 0 saturated carbocycles. The highest BCUT2D eigenvalue weighted by Crippen LogP contribution is 2.66. The number of terminal acetylenes is 2. The number of fused-ring (bicyclic) bond motifs is 2. The lowest BCUT2D eigenvalue weighted by Crippen LogP contribution is -2.42. The summed E-state index contributed by atoms with van der Waals surface area (Å²) in [5.41, 5.74) is 7.84. The van der Waals surface area contributed by atoms with E-state index in [4.69, 9.17) is 55.2 Å². The van der Waals surface area contributed by atoms with E-state index < -0.39 is 84.2 Å². The maximum absolute atomic E-state index is 14.4. The average molecular weight is 873 g/mol. The molecule has 0 aromatic carbocycles. The Morgan fingerprint density at radius 1 is 0.875 bits per heavy atom. The van der Waals surface area contributed by atoms with Crippen molar-refractivity contribution in [2.75, 3.05) is 24.7 Å². The van der Waals surface area contributed by atoms with Crippen LogP contribution in [0.2, 0.25) is 5.28 Å². The molecule has 2 aliphatic rings. The number of hydrogen-bond acceptors (Lipinski definition) is 17. The van der Waals surface area contributed by atoms with Crippen molar-refractivity contribution < 1.29 is 80.0 Å². The van der Waals surface area contributed by atoms with Crippen molar-refractivity contribution in [2.24, 2.45) is 0 Å². The van der Waals surface area contributed by atoms with Crippen molar-refractivity contribution in [1.29, 1.82) is 0 Å². The van der Waals surface area contributed by atoms with Gasteiger partial charge in [0.2, 0.25) is 5.28 Å². The molecule has 0 aliphatic carbocycles. The third-order valence-electron chi connectivity index (χ3n) is 8.21. The van der Waals surface area contributed by atoms with Crippen LogP contribution in [0.3, 0.4) is 0 Å². The fourth-order valence-electron chi connectivity index (χ4n) is 5.73. The lowest BCUT2D eigenvalue weighted by atomic mass is 9.99. The van der Waals surface area contributed by atoms with Crippen LogP contribution in [-0.2, 0) is 36.3 Å². The van der Waals surface area contributed by atoms with Crippen LogP contribution in [0.5, 0.6) is 0 Å². The minimum Gasteiger partial charge on any atom is -0.392 e. The Kier molecular flexibility index (Phi) is 12.1. The maximum atomic E-state index is 14.4. The monoisotopic (exact) mass is 872 g/mol. The summed E-state index contributed by atoms with van der Waals surface area (Å²) in [6.07, 6.45) is 7.93. The van der Waals surface area contributed by atoms with Crippen molar-refractivity contribution in [3.8, 4) is 24.7 Å². The van der Waals surface area contributed by atoms with Crippen molar-refractivity contribution >= 4 is 68.8 Å². The molecule has 6 rings (SSSR count). The molecule has 8 atom stereocenters. The predicted molar refractivity (Wildman–Crippen MR) is 185 cm³/mol. The number of nitrogens with zero attached hydrogens (tertiary/aromatic N) is 6. The highest BCUT2D eigenvalue weighted by molar-refractivity contribution is 7.66. The Morgan fingerprint density at radius 3 is 1.84 bits per heavy atom. The number of phosphoric ester groups is 1. The summed E-state index contributed by atoms with van der Waals surface area (Å²) in [6.45, 7) is -0.173. The Hall–Kier alpha value is -3.68. The summed E-state index contributed by atoms with van der Waals surface area (Å²) in [5, 5.41) is 29.7. The Labute approximate surface area is 317 Å². The molecule has 23 nitrogen and oxygen atoms in total. The highest BCUT2D eigenvalue weighted by Gasteiger charge is 2.51. The molecule has 0 amide bonds. The first-order valence-corrected chi connectivity index (χ1v) is 20.1. The van der Waals surface area contributed by atoms with E-state index in [-0.39, 0.29) is 57.7 Å². The molecule has 2 saturated heterocycles. The first kappa shape index (κ1) is 43.4. The normalized spacial score (nSPS) is 27.3. The molecule has 29 heteroatoms. The summed E-state index contributed by atoms with van der Waals surface area (Å²) >= 11 is 5.75. The molecule has 304 valence electrons. The number of aromatic nitrogens is 6. The largest absolute Gasteiger partial charge is 0.490 e. The van der Waals surface area contributed by atoms with Gasteiger partial charge in [-0.25, -0.2) is 37.4 Å². The van der Waals surface area contributed by atoms with Crippen molar-refractivity contribution in [3.63, 3.8) is 0 Å². The molecule has 4 aromatic heterocycles. The fourth-order valence-corrected chi connectivity index (χ4v) is 8.95. The van der Waals surface area contributed by atoms with E-state index in [0.717, 1.165) is 12.4 Å². The molecule has 56 heavy (non-hydrogen) atoms. The molecule has 2 fully saturated rings. The van der Waals surface area contributed by atoms with Crippen molar-refractivity contribution in [1.82, 2.24) is 29.1 Å². The number of hydrogen-bond donors (Lipinski definition) is 9. The number of ether oxygens (including phenoxy) is 2. The third kappa shape index (κ3) is 8.74. The van der Waals surface area contributed by atoms with Crippen LogP contribution in [-0.4, -0.2) is 101 Å². The average Bonchev–Trinajstić information content (AvgIpc) is 3.79. The van der Waals surface area contributed by atoms with Gasteiger partial charge in [0.1, 0.15) is 48.7 Å². The van der Waals surface area contributed by atoms with Crippen LogP contribution >= 0.6 is 35.1 Å². The zero-order valence-corrected chi connectivity index (χ0v) is 31.6. The second-order valence-electron chi connectivity index (χ2n) is 11.9. The fraction of sp³-hybridized carbons (Fsp3) is 0.407. The number of nitrogen functional groups attached to an aromatic ring is 2. The van der Waals surface area contributed by atoms with Gasteiger partial charge in [-0.1, -0.05) is 11.8 Å². The van der Waals surface area contributed by atoms with Crippen LogP contribution in [0.1, 0.15) is 31.1 Å². The van der Waals surface area contributed by atoms with Gasteiger partial charge in [-0.2, -0.15) is 13.6 Å². The van der Waals surface area contributed by atoms with Crippen LogP contribution in [0, 0.1) is 43.2 Å². The topological polar surface area (TPSA) is 352 Å². The number of nitrogens with two attached hydrogens (primary N) is 2. The summed E-state index contributed by atoms with van der Waals surface area (Å²) in [5.74, 6) is 2.80. The van der Waals surface area contributed by atoms with E-state index in [1.165, 1.54) is 16.1 Å². The van der Waals surface area contributed by atoms with E-state index >= 15 is 0 Å². The van der Waals surface area contributed by atoms with Gasteiger partial charge < -0.3 is 65.0 Å². The molecule has 0 spiro atoms. The number of phosphoric acid groups is 3. The predicted octanol–water partition coefficient (Wildman–Crippen LogP) is 0.906. The number of anilines is 2. The number of aliphatic hydroxyl groups is 3. The first-order valence-electron chi connectivity index (χ1n) is 15.2. The zero-order valence-electron chi connectivity index (χ0n) is 28.2. The van der Waals surface area contributed by atoms with Crippen LogP contribution in [0.15, 0.2) is 12.4 Å². The second-order valence-corrected chi connectivity index (χ2v) is 16.7. The number of aliphatic hydroxyl groups excluding tert-OH is 3. The molecule has 6 heterocycles.